The highest BCUT2D eigenvalue weighted by Gasteiger charge is 2.27. The van der Waals surface area contributed by atoms with Crippen LogP contribution in [-0.2, 0) is 0 Å². The van der Waals surface area contributed by atoms with E-state index in [4.69, 9.17) is 0 Å². The molecule has 0 fully saturated rings. The van der Waals surface area contributed by atoms with Gasteiger partial charge in [-0.05, 0) is 32.6 Å². The van der Waals surface area contributed by atoms with Crippen molar-refractivity contribution in [2.24, 2.45) is 0 Å². The molecule has 0 unspecified atom stereocenters. The van der Waals surface area contributed by atoms with Crippen LogP contribution < -0.4 is 10.6 Å². The molecule has 1 aromatic carbocycles. The molecule has 0 bridgehead atoms. The highest BCUT2D eigenvalue weighted by atomic mass is 16.2. The van der Waals surface area contributed by atoms with Gasteiger partial charge >= 0.3 is 0 Å². The molecular weight excluding hydrogens is 192 g/mol. The maximum absolute atomic E-state index is 11.2. The first-order chi connectivity index (χ1) is 7.11. The van der Waals surface area contributed by atoms with E-state index in [-0.39, 0.29) is 11.8 Å². The van der Waals surface area contributed by atoms with Gasteiger partial charge in [0.2, 0.25) is 0 Å². The first kappa shape index (κ1) is 11.4. The van der Waals surface area contributed by atoms with Gasteiger partial charge in [0.15, 0.2) is 0 Å². The summed E-state index contributed by atoms with van der Waals surface area (Å²) in [6.07, 6.45) is 0. The fraction of sp³-hybridized carbons (Fsp3) is 0.273. The number of benzene rings is 1. The Morgan fingerprint density at radius 3 is 2.27 bits per heavy atom. The van der Waals surface area contributed by atoms with E-state index >= 15 is 0 Å². The molecule has 2 amide bonds. The average molecular weight is 206 g/mol. The quantitative estimate of drug-likeness (QED) is 0.615. The number of aryl methyl sites for hydroxylation is 1. The Bertz CT molecular complexity index is 400. The molecule has 15 heavy (non-hydrogen) atoms. The van der Waals surface area contributed by atoms with E-state index in [0.717, 1.165) is 5.56 Å². The second-order valence-corrected chi connectivity index (χ2v) is 3.28. The zero-order valence-corrected chi connectivity index (χ0v) is 9.05. The normalized spacial score (nSPS) is 12.7. The number of carbonyl (C=O) groups is 2. The lowest BCUT2D eigenvalue weighted by molar-refractivity contribution is 0.0879. The Morgan fingerprint density at radius 2 is 1.73 bits per heavy atom. The minimum Gasteiger partial charge on any atom is -0.323 e. The Morgan fingerprint density at radius 1 is 1.13 bits per heavy atom. The first-order valence-electron chi connectivity index (χ1n) is 4.65. The monoisotopic (exact) mass is 206 g/mol. The number of hydrogen-bond donors (Lipinski definition) is 2. The molecular formula is C11H14N2O2. The van der Waals surface area contributed by atoms with Crippen LogP contribution in [0.1, 0.15) is 26.3 Å². The summed E-state index contributed by atoms with van der Waals surface area (Å²) < 4.78 is 0. The number of rotatable bonds is 0. The number of amides is 2. The van der Waals surface area contributed by atoms with Gasteiger partial charge in [0, 0.05) is 0 Å². The molecule has 0 saturated heterocycles. The molecule has 0 aliphatic carbocycles. The zero-order chi connectivity index (χ0) is 11.4. The molecule has 0 spiro atoms. The van der Waals surface area contributed by atoms with E-state index in [1.165, 1.54) is 0 Å². The summed E-state index contributed by atoms with van der Waals surface area (Å²) in [7, 11) is 3.75. The van der Waals surface area contributed by atoms with Gasteiger partial charge < -0.3 is 5.32 Å². The highest BCUT2D eigenvalue weighted by Crippen LogP contribution is 2.18. The number of carbonyl (C=O) groups excluding carboxylic acids is 2. The summed E-state index contributed by atoms with van der Waals surface area (Å²) in [6, 6.07) is 5.24. The second-order valence-electron chi connectivity index (χ2n) is 3.28. The SMILES string of the molecule is CNC.Cc1cccc2c1C(=O)NC2=O. The molecule has 4 nitrogen and oxygen atoms in total. The van der Waals surface area contributed by atoms with E-state index in [9.17, 15) is 9.59 Å². The van der Waals surface area contributed by atoms with Gasteiger partial charge in [0.05, 0.1) is 11.1 Å². The van der Waals surface area contributed by atoms with E-state index < -0.39 is 0 Å². The number of hydrogen-bond acceptors (Lipinski definition) is 3. The van der Waals surface area contributed by atoms with Crippen LogP contribution in [0.4, 0.5) is 0 Å². The van der Waals surface area contributed by atoms with Gasteiger partial charge in [-0.1, -0.05) is 12.1 Å². The van der Waals surface area contributed by atoms with Crippen molar-refractivity contribution in [2.45, 2.75) is 6.92 Å². The van der Waals surface area contributed by atoms with E-state index in [0.29, 0.717) is 11.1 Å². The van der Waals surface area contributed by atoms with Crippen molar-refractivity contribution in [1.82, 2.24) is 10.6 Å². The molecule has 2 N–H and O–H groups in total. The first-order valence-corrected chi connectivity index (χ1v) is 4.65. The van der Waals surface area contributed by atoms with Gasteiger partial charge in [-0.15, -0.1) is 0 Å². The van der Waals surface area contributed by atoms with Crippen LogP contribution in [0.5, 0.6) is 0 Å². The van der Waals surface area contributed by atoms with Crippen molar-refractivity contribution in [3.05, 3.63) is 34.9 Å². The number of fused-ring (bicyclic) bond motifs is 1. The molecule has 1 aliphatic rings. The van der Waals surface area contributed by atoms with Crippen LogP contribution in [0.2, 0.25) is 0 Å². The Kier molecular flexibility index (Phi) is 3.57. The molecule has 0 atom stereocenters. The van der Waals surface area contributed by atoms with Crippen molar-refractivity contribution in [1.29, 1.82) is 0 Å². The van der Waals surface area contributed by atoms with Crippen molar-refractivity contribution in [3.8, 4) is 0 Å². The fourth-order valence-electron chi connectivity index (χ4n) is 1.39. The molecule has 1 aromatic rings. The van der Waals surface area contributed by atoms with E-state index in [2.05, 4.69) is 10.6 Å². The maximum atomic E-state index is 11.2. The number of nitrogens with one attached hydrogen (secondary N) is 2. The van der Waals surface area contributed by atoms with Gasteiger partial charge in [-0.25, -0.2) is 0 Å². The van der Waals surface area contributed by atoms with Crippen LogP contribution in [0.3, 0.4) is 0 Å². The summed E-state index contributed by atoms with van der Waals surface area (Å²) in [5, 5.41) is 5.00. The topological polar surface area (TPSA) is 58.2 Å². The Labute approximate surface area is 88.7 Å². The Hall–Kier alpha value is -1.68. The minimum absolute atomic E-state index is 0.284. The fourth-order valence-corrected chi connectivity index (χ4v) is 1.39. The smallest absolute Gasteiger partial charge is 0.259 e. The average Bonchev–Trinajstić information content (AvgIpc) is 2.45. The van der Waals surface area contributed by atoms with E-state index in [1.54, 1.807) is 12.1 Å². The third-order valence-corrected chi connectivity index (χ3v) is 1.97. The lowest BCUT2D eigenvalue weighted by Gasteiger charge is -1.96. The van der Waals surface area contributed by atoms with Crippen LogP contribution >= 0.6 is 0 Å². The molecule has 0 saturated carbocycles. The third kappa shape index (κ3) is 2.22. The Balaban J connectivity index is 0.000000337. The molecule has 4 heteroatoms. The summed E-state index contributed by atoms with van der Waals surface area (Å²) in [6.45, 7) is 1.82. The molecule has 0 radical (unpaired) electrons. The summed E-state index contributed by atoms with van der Waals surface area (Å²) in [5.74, 6) is -0.577. The predicted molar refractivity (Wildman–Crippen MR) is 58.0 cm³/mol. The van der Waals surface area contributed by atoms with E-state index in [1.807, 2.05) is 27.1 Å². The minimum atomic E-state index is -0.293. The van der Waals surface area contributed by atoms with Crippen LogP contribution in [0.25, 0.3) is 0 Å². The summed E-state index contributed by atoms with van der Waals surface area (Å²) in [5.41, 5.74) is 1.85. The predicted octanol–water partition coefficient (Wildman–Crippen LogP) is 0.714. The maximum Gasteiger partial charge on any atom is 0.259 e. The molecule has 1 heterocycles. The molecule has 0 aromatic heterocycles. The van der Waals surface area contributed by atoms with Crippen LogP contribution in [0, 0.1) is 6.92 Å². The molecule has 2 rings (SSSR count). The van der Waals surface area contributed by atoms with Crippen molar-refractivity contribution >= 4 is 11.8 Å². The lowest BCUT2D eigenvalue weighted by atomic mass is 10.0. The van der Waals surface area contributed by atoms with Gasteiger partial charge in [-0.3, -0.25) is 14.9 Å². The van der Waals surface area contributed by atoms with Crippen LogP contribution in [-0.4, -0.2) is 25.9 Å². The van der Waals surface area contributed by atoms with Crippen molar-refractivity contribution < 1.29 is 9.59 Å². The highest BCUT2D eigenvalue weighted by molar-refractivity contribution is 6.22. The van der Waals surface area contributed by atoms with Crippen molar-refractivity contribution in [2.75, 3.05) is 14.1 Å². The number of imide groups is 1. The van der Waals surface area contributed by atoms with Crippen molar-refractivity contribution in [3.63, 3.8) is 0 Å². The van der Waals surface area contributed by atoms with Gasteiger partial charge in [0.1, 0.15) is 0 Å². The molecule has 80 valence electrons. The molecule has 1 aliphatic heterocycles. The second kappa shape index (κ2) is 4.70. The largest absolute Gasteiger partial charge is 0.323 e. The van der Waals surface area contributed by atoms with Gasteiger partial charge in [0.25, 0.3) is 11.8 Å². The summed E-state index contributed by atoms with van der Waals surface area (Å²) in [4.78, 5) is 22.3. The van der Waals surface area contributed by atoms with Crippen LogP contribution in [0.15, 0.2) is 18.2 Å². The van der Waals surface area contributed by atoms with Gasteiger partial charge in [-0.2, -0.15) is 0 Å². The zero-order valence-electron chi connectivity index (χ0n) is 9.05. The third-order valence-electron chi connectivity index (χ3n) is 1.97. The summed E-state index contributed by atoms with van der Waals surface area (Å²) >= 11 is 0. The standard InChI is InChI=1S/C9H7NO2.C2H7N/c1-5-3-2-4-6-7(5)9(12)10-8(6)11;1-3-2/h2-4H,1H3,(H,10,11,12);3H,1-2H3. The lowest BCUT2D eigenvalue weighted by Crippen LogP contribution is -2.20.